The Kier molecular flexibility index (Phi) is 3.44. The van der Waals surface area contributed by atoms with E-state index >= 15 is 0 Å². The maximum atomic E-state index is 12.1. The number of carbonyl (C=O) groups excluding carboxylic acids is 1. The molecule has 1 fully saturated rings. The fraction of sp³-hybridized carbons (Fsp3) is 0.636. The van der Waals surface area contributed by atoms with E-state index in [4.69, 9.17) is 14.4 Å². The van der Waals surface area contributed by atoms with Crippen LogP contribution in [-0.2, 0) is 4.74 Å². The van der Waals surface area contributed by atoms with Crippen molar-refractivity contribution in [2.24, 2.45) is 0 Å². The molecule has 0 radical (unpaired) electrons. The van der Waals surface area contributed by atoms with E-state index in [-0.39, 0.29) is 30.4 Å². The summed E-state index contributed by atoms with van der Waals surface area (Å²) in [6, 6.07) is 1.58. The predicted octanol–water partition coefficient (Wildman–Crippen LogP) is 0.205. The van der Waals surface area contributed by atoms with Gasteiger partial charge in [-0.2, -0.15) is 0 Å². The first-order chi connectivity index (χ1) is 8.11. The Morgan fingerprint density at radius 1 is 1.71 bits per heavy atom. The van der Waals surface area contributed by atoms with Crippen LogP contribution in [0.15, 0.2) is 10.6 Å². The highest BCUT2D eigenvalue weighted by Gasteiger charge is 2.31. The van der Waals surface area contributed by atoms with Gasteiger partial charge < -0.3 is 19.3 Å². The number of rotatable bonds is 2. The summed E-state index contributed by atoms with van der Waals surface area (Å²) in [6.07, 6.45) is -0.320. The number of aliphatic hydroxyl groups is 1. The number of aromatic nitrogens is 1. The Balaban J connectivity index is 2.12. The molecule has 2 atom stereocenters. The molecule has 6 heteroatoms. The van der Waals surface area contributed by atoms with E-state index in [2.05, 4.69) is 5.16 Å². The number of hydrogen-bond acceptors (Lipinski definition) is 5. The van der Waals surface area contributed by atoms with Gasteiger partial charge in [0.2, 0.25) is 5.76 Å². The van der Waals surface area contributed by atoms with Crippen molar-refractivity contribution in [2.75, 3.05) is 19.8 Å². The van der Waals surface area contributed by atoms with Crippen LogP contribution in [0, 0.1) is 6.92 Å². The molecule has 6 nitrogen and oxygen atoms in total. The molecule has 94 valence electrons. The third-order valence-electron chi connectivity index (χ3n) is 2.81. The van der Waals surface area contributed by atoms with Crippen molar-refractivity contribution in [3.63, 3.8) is 0 Å². The molecule has 1 aliphatic rings. The van der Waals surface area contributed by atoms with Gasteiger partial charge in [0.15, 0.2) is 0 Å². The molecule has 1 N–H and O–H groups in total. The van der Waals surface area contributed by atoms with Crippen LogP contribution in [0.5, 0.6) is 0 Å². The van der Waals surface area contributed by atoms with Gasteiger partial charge in [-0.3, -0.25) is 4.79 Å². The molecule has 1 amide bonds. The molecule has 2 rings (SSSR count). The quantitative estimate of drug-likeness (QED) is 0.799. The first kappa shape index (κ1) is 12.1. The van der Waals surface area contributed by atoms with E-state index in [0.717, 1.165) is 0 Å². The van der Waals surface area contributed by atoms with E-state index < -0.39 is 0 Å². The van der Waals surface area contributed by atoms with Crippen LogP contribution in [-0.4, -0.2) is 53.0 Å². The number of amides is 1. The molecule has 1 aliphatic heterocycles. The first-order valence-electron chi connectivity index (χ1n) is 5.58. The molecule has 1 saturated heterocycles. The van der Waals surface area contributed by atoms with Crippen molar-refractivity contribution < 1.29 is 19.2 Å². The van der Waals surface area contributed by atoms with E-state index in [1.54, 1.807) is 17.9 Å². The van der Waals surface area contributed by atoms with Crippen LogP contribution in [0.3, 0.4) is 0 Å². The highest BCUT2D eigenvalue weighted by molar-refractivity contribution is 5.91. The van der Waals surface area contributed by atoms with E-state index in [1.807, 2.05) is 6.92 Å². The van der Waals surface area contributed by atoms with E-state index in [9.17, 15) is 4.79 Å². The maximum absolute atomic E-state index is 12.1. The summed E-state index contributed by atoms with van der Waals surface area (Å²) >= 11 is 0. The zero-order chi connectivity index (χ0) is 12.4. The minimum absolute atomic E-state index is 0.0318. The topological polar surface area (TPSA) is 75.8 Å². The van der Waals surface area contributed by atoms with Crippen molar-refractivity contribution in [2.45, 2.75) is 26.0 Å². The van der Waals surface area contributed by atoms with Crippen LogP contribution >= 0.6 is 0 Å². The van der Waals surface area contributed by atoms with Crippen molar-refractivity contribution in [1.82, 2.24) is 10.1 Å². The number of aliphatic hydroxyl groups excluding tert-OH is 1. The van der Waals surface area contributed by atoms with E-state index in [0.29, 0.717) is 18.8 Å². The number of aryl methyl sites for hydroxylation is 1. The second-order valence-corrected chi connectivity index (χ2v) is 4.28. The molecule has 2 heterocycles. The van der Waals surface area contributed by atoms with Gasteiger partial charge in [-0.05, 0) is 13.8 Å². The van der Waals surface area contributed by atoms with Gasteiger partial charge in [-0.1, -0.05) is 5.16 Å². The lowest BCUT2D eigenvalue weighted by molar-refractivity contribution is -0.0675. The molecule has 0 saturated carbocycles. The lowest BCUT2D eigenvalue weighted by Gasteiger charge is -2.36. The van der Waals surface area contributed by atoms with Crippen LogP contribution in [0.4, 0.5) is 0 Å². The third-order valence-corrected chi connectivity index (χ3v) is 2.81. The molecule has 1 aromatic heterocycles. The van der Waals surface area contributed by atoms with Gasteiger partial charge in [0.05, 0.1) is 31.1 Å². The van der Waals surface area contributed by atoms with Gasteiger partial charge in [-0.15, -0.1) is 0 Å². The number of carbonyl (C=O) groups is 1. The number of morpholine rings is 1. The van der Waals surface area contributed by atoms with Crippen LogP contribution in [0.25, 0.3) is 0 Å². The molecule has 0 aromatic carbocycles. The second-order valence-electron chi connectivity index (χ2n) is 4.28. The standard InChI is InChI=1S/C11H16N2O4/c1-7-3-10(17-12-7)11(15)13-4-9(5-14)16-6-8(13)2/h3,8-9,14H,4-6H2,1-2H3. The van der Waals surface area contributed by atoms with Crippen LogP contribution < -0.4 is 0 Å². The van der Waals surface area contributed by atoms with Crippen molar-refractivity contribution >= 4 is 5.91 Å². The summed E-state index contributed by atoms with van der Waals surface area (Å²) in [4.78, 5) is 13.8. The average molecular weight is 240 g/mol. The minimum atomic E-state index is -0.320. The smallest absolute Gasteiger partial charge is 0.292 e. The minimum Gasteiger partial charge on any atom is -0.394 e. The maximum Gasteiger partial charge on any atom is 0.292 e. The van der Waals surface area contributed by atoms with Crippen molar-refractivity contribution in [3.8, 4) is 0 Å². The number of ether oxygens (including phenoxy) is 1. The fourth-order valence-corrected chi connectivity index (χ4v) is 1.82. The van der Waals surface area contributed by atoms with Gasteiger partial charge in [0.25, 0.3) is 5.91 Å². The summed E-state index contributed by atoms with van der Waals surface area (Å²) in [5.41, 5.74) is 0.674. The van der Waals surface area contributed by atoms with Crippen molar-refractivity contribution in [1.29, 1.82) is 0 Å². The summed E-state index contributed by atoms with van der Waals surface area (Å²) < 4.78 is 10.3. The highest BCUT2D eigenvalue weighted by Crippen LogP contribution is 2.16. The first-order valence-corrected chi connectivity index (χ1v) is 5.58. The number of nitrogens with zero attached hydrogens (tertiary/aromatic N) is 2. The van der Waals surface area contributed by atoms with Gasteiger partial charge in [0.1, 0.15) is 0 Å². The molecule has 0 aliphatic carbocycles. The molecule has 0 spiro atoms. The molecular weight excluding hydrogens is 224 g/mol. The highest BCUT2D eigenvalue weighted by atomic mass is 16.5. The molecule has 1 aromatic rings. The summed E-state index contributed by atoms with van der Waals surface area (Å²) in [6.45, 7) is 4.36. The Hall–Kier alpha value is -1.40. The Morgan fingerprint density at radius 2 is 2.47 bits per heavy atom. The molecule has 0 bridgehead atoms. The average Bonchev–Trinajstić information content (AvgIpc) is 2.76. The normalized spacial score (nSPS) is 25.0. The fourth-order valence-electron chi connectivity index (χ4n) is 1.82. The zero-order valence-corrected chi connectivity index (χ0v) is 9.92. The lowest BCUT2D eigenvalue weighted by Crippen LogP contribution is -2.51. The largest absolute Gasteiger partial charge is 0.394 e. The number of hydrogen-bond donors (Lipinski definition) is 1. The molecular formula is C11H16N2O4. The monoisotopic (exact) mass is 240 g/mol. The Morgan fingerprint density at radius 3 is 3.06 bits per heavy atom. The van der Waals surface area contributed by atoms with Crippen LogP contribution in [0.2, 0.25) is 0 Å². The lowest BCUT2D eigenvalue weighted by atomic mass is 10.2. The summed E-state index contributed by atoms with van der Waals surface area (Å²) in [7, 11) is 0. The molecule has 17 heavy (non-hydrogen) atoms. The third kappa shape index (κ3) is 2.48. The van der Waals surface area contributed by atoms with Gasteiger partial charge in [-0.25, -0.2) is 0 Å². The van der Waals surface area contributed by atoms with E-state index in [1.165, 1.54) is 0 Å². The van der Waals surface area contributed by atoms with Crippen molar-refractivity contribution in [3.05, 3.63) is 17.5 Å². The zero-order valence-electron chi connectivity index (χ0n) is 9.92. The SMILES string of the molecule is Cc1cc(C(=O)N2CC(CO)OCC2C)on1. The van der Waals surface area contributed by atoms with Gasteiger partial charge in [0, 0.05) is 12.6 Å². The van der Waals surface area contributed by atoms with Gasteiger partial charge >= 0.3 is 0 Å². The second kappa shape index (κ2) is 4.85. The van der Waals surface area contributed by atoms with Crippen LogP contribution in [0.1, 0.15) is 23.2 Å². The summed E-state index contributed by atoms with van der Waals surface area (Å²) in [5.74, 6) is 0.0211. The Labute approximate surface area is 99.1 Å². The Bertz CT molecular complexity index is 404. The predicted molar refractivity (Wildman–Crippen MR) is 58.6 cm³/mol. The molecule has 2 unspecified atom stereocenters. The summed E-state index contributed by atoms with van der Waals surface area (Å²) in [5, 5.41) is 12.7.